The number of carbonyl (C=O) groups excluding carboxylic acids is 2. The molecule has 0 aliphatic rings. The first-order chi connectivity index (χ1) is 12.6. The maximum atomic E-state index is 12.2. The Kier molecular flexibility index (Phi) is 5.56. The van der Waals surface area contributed by atoms with Gasteiger partial charge in [0.25, 0.3) is 11.8 Å². The third-order valence-electron chi connectivity index (χ3n) is 3.59. The number of hydrazone groups is 1. The fraction of sp³-hybridized carbons (Fsp3) is 0.0500. The van der Waals surface area contributed by atoms with E-state index in [1.165, 1.54) is 11.3 Å². The Morgan fingerprint density at radius 2 is 1.77 bits per heavy atom. The Morgan fingerprint density at radius 3 is 2.46 bits per heavy atom. The van der Waals surface area contributed by atoms with Gasteiger partial charge in [-0.05, 0) is 54.8 Å². The van der Waals surface area contributed by atoms with Crippen LogP contribution in [0.2, 0.25) is 0 Å². The lowest BCUT2D eigenvalue weighted by atomic mass is 10.1. The van der Waals surface area contributed by atoms with Crippen molar-refractivity contribution in [3.05, 3.63) is 87.6 Å². The Bertz CT molecular complexity index is 932. The molecule has 0 bridgehead atoms. The van der Waals surface area contributed by atoms with Crippen LogP contribution in [0.1, 0.15) is 31.2 Å². The van der Waals surface area contributed by atoms with Gasteiger partial charge in [-0.3, -0.25) is 9.59 Å². The SMILES string of the molecule is Cc1cccc(C(=O)Nc2ccc(C(=O)N/N=C/c3cccs3)cc2)c1. The summed E-state index contributed by atoms with van der Waals surface area (Å²) in [6, 6.07) is 17.8. The monoisotopic (exact) mass is 363 g/mol. The van der Waals surface area contributed by atoms with E-state index in [-0.39, 0.29) is 11.8 Å². The van der Waals surface area contributed by atoms with Crippen LogP contribution in [-0.2, 0) is 0 Å². The molecule has 6 heteroatoms. The first-order valence-corrected chi connectivity index (χ1v) is 8.85. The predicted octanol–water partition coefficient (Wildman–Crippen LogP) is 4.07. The third kappa shape index (κ3) is 4.64. The molecule has 0 atom stereocenters. The zero-order chi connectivity index (χ0) is 18.4. The highest BCUT2D eigenvalue weighted by Crippen LogP contribution is 2.12. The summed E-state index contributed by atoms with van der Waals surface area (Å²) >= 11 is 1.54. The summed E-state index contributed by atoms with van der Waals surface area (Å²) < 4.78 is 0. The number of benzene rings is 2. The van der Waals surface area contributed by atoms with Crippen LogP contribution in [0.25, 0.3) is 0 Å². The van der Waals surface area contributed by atoms with Gasteiger partial charge < -0.3 is 5.32 Å². The third-order valence-corrected chi connectivity index (χ3v) is 4.39. The molecule has 2 amide bonds. The molecule has 1 aromatic heterocycles. The van der Waals surface area contributed by atoms with Crippen molar-refractivity contribution in [2.75, 3.05) is 5.32 Å². The van der Waals surface area contributed by atoms with Gasteiger partial charge in [-0.25, -0.2) is 5.43 Å². The first-order valence-electron chi connectivity index (χ1n) is 7.97. The Morgan fingerprint density at radius 1 is 0.962 bits per heavy atom. The number of thiophene rings is 1. The summed E-state index contributed by atoms with van der Waals surface area (Å²) in [6.45, 7) is 1.94. The molecule has 5 nitrogen and oxygen atoms in total. The Labute approximate surface area is 155 Å². The lowest BCUT2D eigenvalue weighted by Crippen LogP contribution is -2.17. The lowest BCUT2D eigenvalue weighted by Gasteiger charge is -2.07. The van der Waals surface area contributed by atoms with Gasteiger partial charge in [0.1, 0.15) is 0 Å². The van der Waals surface area contributed by atoms with Crippen LogP contribution in [0.5, 0.6) is 0 Å². The molecule has 2 aromatic carbocycles. The number of carbonyl (C=O) groups is 2. The number of hydrogen-bond donors (Lipinski definition) is 2. The van der Waals surface area contributed by atoms with E-state index in [4.69, 9.17) is 0 Å². The number of rotatable bonds is 5. The minimum Gasteiger partial charge on any atom is -0.322 e. The van der Waals surface area contributed by atoms with Gasteiger partial charge in [-0.1, -0.05) is 23.8 Å². The normalized spacial score (nSPS) is 10.7. The van der Waals surface area contributed by atoms with Crippen molar-refractivity contribution in [3.63, 3.8) is 0 Å². The van der Waals surface area contributed by atoms with Crippen LogP contribution in [0.3, 0.4) is 0 Å². The van der Waals surface area contributed by atoms with E-state index in [0.717, 1.165) is 10.4 Å². The fourth-order valence-corrected chi connectivity index (χ4v) is 2.86. The summed E-state index contributed by atoms with van der Waals surface area (Å²) in [5.74, 6) is -0.499. The highest BCUT2D eigenvalue weighted by atomic mass is 32.1. The first kappa shape index (κ1) is 17.6. The Balaban J connectivity index is 1.59. The van der Waals surface area contributed by atoms with Crippen molar-refractivity contribution >= 4 is 35.1 Å². The second-order valence-corrected chi connectivity index (χ2v) is 6.59. The molecule has 130 valence electrons. The molecule has 0 aliphatic carbocycles. The molecule has 0 fully saturated rings. The summed E-state index contributed by atoms with van der Waals surface area (Å²) in [6.07, 6.45) is 1.60. The van der Waals surface area contributed by atoms with E-state index < -0.39 is 0 Å². The predicted molar refractivity (Wildman–Crippen MR) is 105 cm³/mol. The quantitative estimate of drug-likeness (QED) is 0.530. The summed E-state index contributed by atoms with van der Waals surface area (Å²) in [5.41, 5.74) is 5.17. The number of hydrogen-bond acceptors (Lipinski definition) is 4. The van der Waals surface area contributed by atoms with Gasteiger partial charge >= 0.3 is 0 Å². The van der Waals surface area contributed by atoms with E-state index in [1.54, 1.807) is 36.5 Å². The summed E-state index contributed by atoms with van der Waals surface area (Å²) in [7, 11) is 0. The van der Waals surface area contributed by atoms with E-state index in [2.05, 4.69) is 15.8 Å². The summed E-state index contributed by atoms with van der Waals surface area (Å²) in [4.78, 5) is 25.2. The highest BCUT2D eigenvalue weighted by molar-refractivity contribution is 7.11. The second kappa shape index (κ2) is 8.22. The van der Waals surface area contributed by atoms with Gasteiger partial charge in [0.15, 0.2) is 0 Å². The standard InChI is InChI=1S/C20H17N3O2S/c1-14-4-2-5-16(12-14)19(24)22-17-9-7-15(8-10-17)20(25)23-21-13-18-6-3-11-26-18/h2-13H,1H3,(H,22,24)(H,23,25)/b21-13+. The van der Waals surface area contributed by atoms with Crippen molar-refractivity contribution in [1.82, 2.24) is 5.43 Å². The van der Waals surface area contributed by atoms with E-state index in [9.17, 15) is 9.59 Å². The van der Waals surface area contributed by atoms with E-state index >= 15 is 0 Å². The van der Waals surface area contributed by atoms with Crippen molar-refractivity contribution in [2.24, 2.45) is 5.10 Å². The molecule has 3 aromatic rings. The zero-order valence-corrected chi connectivity index (χ0v) is 14.9. The zero-order valence-electron chi connectivity index (χ0n) is 14.1. The van der Waals surface area contributed by atoms with Crippen LogP contribution in [-0.4, -0.2) is 18.0 Å². The largest absolute Gasteiger partial charge is 0.322 e. The Hall–Kier alpha value is -3.25. The molecular weight excluding hydrogens is 346 g/mol. The lowest BCUT2D eigenvalue weighted by molar-refractivity contribution is 0.0954. The van der Waals surface area contributed by atoms with Crippen molar-refractivity contribution < 1.29 is 9.59 Å². The maximum absolute atomic E-state index is 12.2. The number of aryl methyl sites for hydroxylation is 1. The highest BCUT2D eigenvalue weighted by Gasteiger charge is 2.08. The molecule has 0 aliphatic heterocycles. The average Bonchev–Trinajstić information content (AvgIpc) is 3.15. The van der Waals surface area contributed by atoms with Gasteiger partial charge in [0, 0.05) is 21.7 Å². The van der Waals surface area contributed by atoms with Gasteiger partial charge in [0.2, 0.25) is 0 Å². The molecule has 0 saturated carbocycles. The van der Waals surface area contributed by atoms with Crippen molar-refractivity contribution in [1.29, 1.82) is 0 Å². The van der Waals surface area contributed by atoms with Crippen molar-refractivity contribution in [2.45, 2.75) is 6.92 Å². The van der Waals surface area contributed by atoms with Crippen LogP contribution in [0.4, 0.5) is 5.69 Å². The number of nitrogens with one attached hydrogen (secondary N) is 2. The average molecular weight is 363 g/mol. The molecule has 0 spiro atoms. The molecule has 26 heavy (non-hydrogen) atoms. The minimum atomic E-state index is -0.311. The van der Waals surface area contributed by atoms with Gasteiger partial charge in [0.05, 0.1) is 6.21 Å². The fourth-order valence-electron chi connectivity index (χ4n) is 2.28. The number of anilines is 1. The molecule has 0 unspecified atom stereocenters. The van der Waals surface area contributed by atoms with Crippen LogP contribution >= 0.6 is 11.3 Å². The van der Waals surface area contributed by atoms with Gasteiger partial charge in [-0.2, -0.15) is 5.10 Å². The maximum Gasteiger partial charge on any atom is 0.271 e. The number of amides is 2. The molecule has 1 heterocycles. The second-order valence-electron chi connectivity index (χ2n) is 5.62. The minimum absolute atomic E-state index is 0.188. The molecule has 2 N–H and O–H groups in total. The van der Waals surface area contributed by atoms with Crippen LogP contribution < -0.4 is 10.7 Å². The van der Waals surface area contributed by atoms with Crippen molar-refractivity contribution in [3.8, 4) is 0 Å². The molecular formula is C20H17N3O2S. The molecule has 0 radical (unpaired) electrons. The number of nitrogens with zero attached hydrogens (tertiary/aromatic N) is 1. The van der Waals surface area contributed by atoms with E-state index in [0.29, 0.717) is 16.8 Å². The topological polar surface area (TPSA) is 70.6 Å². The van der Waals surface area contributed by atoms with Gasteiger partial charge in [-0.15, -0.1) is 11.3 Å². The van der Waals surface area contributed by atoms with Crippen LogP contribution in [0, 0.1) is 6.92 Å². The smallest absolute Gasteiger partial charge is 0.271 e. The summed E-state index contributed by atoms with van der Waals surface area (Å²) in [5, 5.41) is 8.68. The molecule has 3 rings (SSSR count). The van der Waals surface area contributed by atoms with E-state index in [1.807, 2.05) is 42.6 Å². The molecule has 0 saturated heterocycles. The van der Waals surface area contributed by atoms with Crippen LogP contribution in [0.15, 0.2) is 71.1 Å².